The Morgan fingerprint density at radius 1 is 1.29 bits per heavy atom. The van der Waals surface area contributed by atoms with Crippen molar-refractivity contribution in [2.45, 2.75) is 58.6 Å². The maximum absolute atomic E-state index is 12.3. The van der Waals surface area contributed by atoms with Crippen molar-refractivity contribution in [2.24, 2.45) is 11.8 Å². The summed E-state index contributed by atoms with van der Waals surface area (Å²) in [6, 6.07) is 6.42. The fourth-order valence-corrected chi connectivity index (χ4v) is 3.90. The summed E-state index contributed by atoms with van der Waals surface area (Å²) in [6.45, 7) is 5.91. The molecule has 4 atom stereocenters. The fourth-order valence-electron chi connectivity index (χ4n) is 3.90. The van der Waals surface area contributed by atoms with Crippen molar-refractivity contribution in [1.82, 2.24) is 5.32 Å². The SMILES string of the molecule is Cc1ccc(O[C@@H](C)C(=O)N[C@H]2C[C@H]3CC[C@H]2C3)c(C)c1. The van der Waals surface area contributed by atoms with Crippen LogP contribution in [0.25, 0.3) is 0 Å². The molecule has 0 heterocycles. The summed E-state index contributed by atoms with van der Waals surface area (Å²) in [6.07, 6.45) is 4.66. The maximum Gasteiger partial charge on any atom is 0.261 e. The number of fused-ring (bicyclic) bond motifs is 2. The van der Waals surface area contributed by atoms with E-state index in [0.29, 0.717) is 12.0 Å². The van der Waals surface area contributed by atoms with Crippen molar-refractivity contribution >= 4 is 5.91 Å². The van der Waals surface area contributed by atoms with E-state index in [2.05, 4.69) is 18.3 Å². The molecule has 0 saturated heterocycles. The average Bonchev–Trinajstić information content (AvgIpc) is 3.04. The van der Waals surface area contributed by atoms with Crippen LogP contribution in [-0.4, -0.2) is 18.1 Å². The third-order valence-electron chi connectivity index (χ3n) is 5.07. The molecule has 3 nitrogen and oxygen atoms in total. The van der Waals surface area contributed by atoms with Gasteiger partial charge in [0, 0.05) is 6.04 Å². The summed E-state index contributed by atoms with van der Waals surface area (Å²) in [5, 5.41) is 3.20. The minimum Gasteiger partial charge on any atom is -0.481 e. The first kappa shape index (κ1) is 14.4. The molecule has 0 radical (unpaired) electrons. The van der Waals surface area contributed by atoms with Gasteiger partial charge in [-0.1, -0.05) is 24.1 Å². The minimum absolute atomic E-state index is 0.0209. The molecule has 1 N–H and O–H groups in total. The van der Waals surface area contributed by atoms with Gasteiger partial charge in [0.15, 0.2) is 6.10 Å². The normalized spacial score (nSPS) is 28.4. The third-order valence-corrected chi connectivity index (χ3v) is 5.07. The van der Waals surface area contributed by atoms with E-state index < -0.39 is 6.10 Å². The molecule has 0 aromatic heterocycles. The molecule has 1 aromatic rings. The number of carbonyl (C=O) groups excluding carboxylic acids is 1. The largest absolute Gasteiger partial charge is 0.481 e. The second kappa shape index (κ2) is 5.70. The van der Waals surface area contributed by atoms with E-state index in [1.165, 1.54) is 24.8 Å². The van der Waals surface area contributed by atoms with E-state index >= 15 is 0 Å². The number of amides is 1. The van der Waals surface area contributed by atoms with Crippen molar-refractivity contribution in [2.75, 3.05) is 0 Å². The molecule has 114 valence electrons. The lowest BCUT2D eigenvalue weighted by molar-refractivity contribution is -0.128. The molecule has 0 spiro atoms. The number of carbonyl (C=O) groups is 1. The van der Waals surface area contributed by atoms with Crippen LogP contribution in [0.2, 0.25) is 0 Å². The average molecular weight is 287 g/mol. The van der Waals surface area contributed by atoms with Crippen LogP contribution in [0, 0.1) is 25.7 Å². The third kappa shape index (κ3) is 3.07. The van der Waals surface area contributed by atoms with E-state index in [-0.39, 0.29) is 5.91 Å². The van der Waals surface area contributed by atoms with Gasteiger partial charge in [0.05, 0.1) is 0 Å². The van der Waals surface area contributed by atoms with Crippen molar-refractivity contribution in [1.29, 1.82) is 0 Å². The summed E-state index contributed by atoms with van der Waals surface area (Å²) < 4.78 is 5.84. The summed E-state index contributed by atoms with van der Waals surface area (Å²) in [5.41, 5.74) is 2.29. The van der Waals surface area contributed by atoms with Crippen molar-refractivity contribution in [3.05, 3.63) is 29.3 Å². The van der Waals surface area contributed by atoms with E-state index in [1.807, 2.05) is 26.0 Å². The van der Waals surface area contributed by atoms with Gasteiger partial charge in [-0.25, -0.2) is 0 Å². The molecule has 0 unspecified atom stereocenters. The van der Waals surface area contributed by atoms with Gasteiger partial charge in [-0.3, -0.25) is 4.79 Å². The molecule has 2 saturated carbocycles. The van der Waals surface area contributed by atoms with E-state index in [9.17, 15) is 4.79 Å². The Bertz CT molecular complexity index is 540. The summed E-state index contributed by atoms with van der Waals surface area (Å²) >= 11 is 0. The molecule has 2 bridgehead atoms. The van der Waals surface area contributed by atoms with E-state index in [0.717, 1.165) is 23.7 Å². The zero-order valence-electron chi connectivity index (χ0n) is 13.2. The highest BCUT2D eigenvalue weighted by Crippen LogP contribution is 2.44. The van der Waals surface area contributed by atoms with Gasteiger partial charge in [0.2, 0.25) is 0 Å². The second-order valence-electron chi connectivity index (χ2n) is 6.82. The summed E-state index contributed by atoms with van der Waals surface area (Å²) in [4.78, 5) is 12.3. The monoisotopic (exact) mass is 287 g/mol. The first-order valence-corrected chi connectivity index (χ1v) is 8.07. The molecule has 21 heavy (non-hydrogen) atoms. The van der Waals surface area contributed by atoms with Gasteiger partial charge >= 0.3 is 0 Å². The van der Waals surface area contributed by atoms with Crippen LogP contribution in [0.3, 0.4) is 0 Å². The van der Waals surface area contributed by atoms with Gasteiger partial charge in [-0.05, 0) is 63.5 Å². The Balaban J connectivity index is 1.57. The van der Waals surface area contributed by atoms with Gasteiger partial charge in [-0.2, -0.15) is 0 Å². The van der Waals surface area contributed by atoms with Gasteiger partial charge < -0.3 is 10.1 Å². The molecule has 2 aliphatic rings. The lowest BCUT2D eigenvalue weighted by Gasteiger charge is -2.25. The zero-order chi connectivity index (χ0) is 15.0. The zero-order valence-corrected chi connectivity index (χ0v) is 13.2. The molecular formula is C18H25NO2. The molecule has 0 aliphatic heterocycles. The summed E-state index contributed by atoms with van der Waals surface area (Å²) in [5.74, 6) is 2.37. The molecule has 3 heteroatoms. The number of ether oxygens (including phenoxy) is 1. The standard InChI is InChI=1S/C18H25NO2/c1-11-4-7-17(12(2)8-11)21-13(3)18(20)19-16-10-14-5-6-15(16)9-14/h4,7-8,13-16H,5-6,9-10H2,1-3H3,(H,19,20)/t13-,14-,15-,16-/m0/s1. The minimum atomic E-state index is -0.439. The van der Waals surface area contributed by atoms with Crippen molar-refractivity contribution in [3.8, 4) is 5.75 Å². The number of hydrogen-bond donors (Lipinski definition) is 1. The molecule has 1 amide bonds. The Morgan fingerprint density at radius 2 is 2.10 bits per heavy atom. The Hall–Kier alpha value is -1.51. The van der Waals surface area contributed by atoms with Crippen LogP contribution in [0.1, 0.15) is 43.7 Å². The van der Waals surface area contributed by atoms with Crippen LogP contribution < -0.4 is 10.1 Å². The van der Waals surface area contributed by atoms with Crippen LogP contribution in [0.15, 0.2) is 18.2 Å². The first-order chi connectivity index (χ1) is 10.0. The first-order valence-electron chi connectivity index (χ1n) is 8.07. The highest BCUT2D eigenvalue weighted by molar-refractivity contribution is 5.81. The van der Waals surface area contributed by atoms with Gasteiger partial charge in [-0.15, -0.1) is 0 Å². The van der Waals surface area contributed by atoms with Crippen LogP contribution >= 0.6 is 0 Å². The molecule has 3 rings (SSSR count). The predicted octanol–water partition coefficient (Wildman–Crippen LogP) is 3.38. The molecule has 1 aromatic carbocycles. The maximum atomic E-state index is 12.3. The lowest BCUT2D eigenvalue weighted by atomic mass is 9.95. The quantitative estimate of drug-likeness (QED) is 0.922. The topological polar surface area (TPSA) is 38.3 Å². The summed E-state index contributed by atoms with van der Waals surface area (Å²) in [7, 11) is 0. The van der Waals surface area contributed by atoms with Crippen LogP contribution in [0.4, 0.5) is 0 Å². The van der Waals surface area contributed by atoms with Crippen LogP contribution in [-0.2, 0) is 4.79 Å². The number of hydrogen-bond acceptors (Lipinski definition) is 2. The predicted molar refractivity (Wildman–Crippen MR) is 83.4 cm³/mol. The number of aryl methyl sites for hydroxylation is 2. The Morgan fingerprint density at radius 3 is 2.71 bits per heavy atom. The Kier molecular flexibility index (Phi) is 3.92. The van der Waals surface area contributed by atoms with Gasteiger partial charge in [0.1, 0.15) is 5.75 Å². The van der Waals surface area contributed by atoms with Gasteiger partial charge in [0.25, 0.3) is 5.91 Å². The van der Waals surface area contributed by atoms with E-state index in [4.69, 9.17) is 4.74 Å². The number of benzene rings is 1. The molecule has 2 fully saturated rings. The lowest BCUT2D eigenvalue weighted by Crippen LogP contribution is -2.44. The second-order valence-corrected chi connectivity index (χ2v) is 6.82. The number of rotatable bonds is 4. The van der Waals surface area contributed by atoms with Crippen molar-refractivity contribution in [3.63, 3.8) is 0 Å². The Labute approximate surface area is 127 Å². The van der Waals surface area contributed by atoms with Crippen LogP contribution in [0.5, 0.6) is 5.75 Å². The van der Waals surface area contributed by atoms with Crippen molar-refractivity contribution < 1.29 is 9.53 Å². The highest BCUT2D eigenvalue weighted by atomic mass is 16.5. The smallest absolute Gasteiger partial charge is 0.261 e. The fraction of sp³-hybridized carbons (Fsp3) is 0.611. The molecule has 2 aliphatic carbocycles. The molecular weight excluding hydrogens is 262 g/mol. The van der Waals surface area contributed by atoms with E-state index in [1.54, 1.807) is 0 Å². The number of nitrogens with one attached hydrogen (secondary N) is 1. The highest BCUT2D eigenvalue weighted by Gasteiger charge is 2.40.